The minimum atomic E-state index is 0.632. The largest absolute Gasteiger partial charge is 0.496 e. The summed E-state index contributed by atoms with van der Waals surface area (Å²) in [4.78, 5) is 10.4. The van der Waals surface area contributed by atoms with E-state index in [-0.39, 0.29) is 0 Å². The molecule has 0 spiro atoms. The fourth-order valence-corrected chi connectivity index (χ4v) is 2.53. The Kier molecular flexibility index (Phi) is 4.77. The lowest BCUT2D eigenvalue weighted by atomic mass is 9.95. The van der Waals surface area contributed by atoms with Crippen LogP contribution in [0.3, 0.4) is 0 Å². The van der Waals surface area contributed by atoms with Crippen molar-refractivity contribution in [2.45, 2.75) is 12.8 Å². The first kappa shape index (κ1) is 14.1. The Labute approximate surface area is 119 Å². The smallest absolute Gasteiger partial charge is 0.207 e. The fraction of sp³-hybridized carbons (Fsp3) is 0.235. The Morgan fingerprint density at radius 3 is 2.85 bits per heavy atom. The predicted molar refractivity (Wildman–Crippen MR) is 82.2 cm³/mol. The van der Waals surface area contributed by atoms with Crippen molar-refractivity contribution in [3.05, 3.63) is 54.1 Å². The monoisotopic (exact) mass is 269 g/mol. The molecule has 0 aliphatic rings. The maximum atomic E-state index is 10.4. The summed E-state index contributed by atoms with van der Waals surface area (Å²) >= 11 is 0. The lowest BCUT2D eigenvalue weighted by molar-refractivity contribution is -0.109. The van der Waals surface area contributed by atoms with Crippen LogP contribution in [0.2, 0.25) is 0 Å². The molecule has 0 bridgehead atoms. The second-order valence-corrected chi connectivity index (χ2v) is 4.58. The summed E-state index contributed by atoms with van der Waals surface area (Å²) in [7, 11) is 1.68. The molecule has 0 radical (unpaired) electrons. The Morgan fingerprint density at radius 1 is 1.30 bits per heavy atom. The summed E-state index contributed by atoms with van der Waals surface area (Å²) in [6.07, 6.45) is 4.18. The standard InChI is InChI=1S/C17H19NO2/c1-3-5-15-16(20-2)9-8-13-6-4-7-14(17(13)15)10-11-18-12-19/h3-4,6-9,12H,1,5,10-11H2,2H3,(H,18,19). The summed E-state index contributed by atoms with van der Waals surface area (Å²) in [5.74, 6) is 0.883. The van der Waals surface area contributed by atoms with Gasteiger partial charge in [0.1, 0.15) is 5.75 Å². The molecule has 0 aliphatic heterocycles. The van der Waals surface area contributed by atoms with Crippen molar-refractivity contribution < 1.29 is 9.53 Å². The molecule has 0 atom stereocenters. The van der Waals surface area contributed by atoms with Gasteiger partial charge in [0.25, 0.3) is 0 Å². The highest BCUT2D eigenvalue weighted by Crippen LogP contribution is 2.31. The quantitative estimate of drug-likeness (QED) is 0.477. The van der Waals surface area contributed by atoms with Crippen LogP contribution in [-0.2, 0) is 17.6 Å². The summed E-state index contributed by atoms with van der Waals surface area (Å²) in [5.41, 5.74) is 2.37. The van der Waals surface area contributed by atoms with Gasteiger partial charge in [0.05, 0.1) is 7.11 Å². The molecule has 104 valence electrons. The number of fused-ring (bicyclic) bond motifs is 1. The molecule has 0 unspecified atom stereocenters. The lowest BCUT2D eigenvalue weighted by Gasteiger charge is -2.14. The van der Waals surface area contributed by atoms with E-state index in [0.717, 1.165) is 30.6 Å². The number of hydrogen-bond acceptors (Lipinski definition) is 2. The number of nitrogens with one attached hydrogen (secondary N) is 1. The van der Waals surface area contributed by atoms with E-state index in [2.05, 4.69) is 30.1 Å². The Morgan fingerprint density at radius 2 is 2.15 bits per heavy atom. The molecule has 0 fully saturated rings. The predicted octanol–water partition coefficient (Wildman–Crippen LogP) is 2.87. The average molecular weight is 269 g/mol. The first-order valence-corrected chi connectivity index (χ1v) is 6.67. The summed E-state index contributed by atoms with van der Waals surface area (Å²) in [5, 5.41) is 5.10. The number of carbonyl (C=O) groups is 1. The van der Waals surface area contributed by atoms with Crippen LogP contribution in [0.15, 0.2) is 43.0 Å². The van der Waals surface area contributed by atoms with Gasteiger partial charge >= 0.3 is 0 Å². The van der Waals surface area contributed by atoms with Crippen LogP contribution in [0.1, 0.15) is 11.1 Å². The third-order valence-electron chi connectivity index (χ3n) is 3.39. The highest BCUT2D eigenvalue weighted by atomic mass is 16.5. The number of ether oxygens (including phenoxy) is 1. The van der Waals surface area contributed by atoms with E-state index in [0.29, 0.717) is 6.54 Å². The molecule has 0 saturated heterocycles. The molecule has 0 aliphatic carbocycles. The molecule has 20 heavy (non-hydrogen) atoms. The molecule has 3 nitrogen and oxygen atoms in total. The Bertz CT molecular complexity index is 620. The van der Waals surface area contributed by atoms with E-state index >= 15 is 0 Å². The maximum absolute atomic E-state index is 10.4. The van der Waals surface area contributed by atoms with E-state index in [1.807, 2.05) is 18.2 Å². The van der Waals surface area contributed by atoms with E-state index < -0.39 is 0 Å². The molecule has 0 saturated carbocycles. The van der Waals surface area contributed by atoms with Crippen molar-refractivity contribution in [2.24, 2.45) is 0 Å². The molecule has 3 heteroatoms. The number of rotatable bonds is 7. The minimum absolute atomic E-state index is 0.632. The van der Waals surface area contributed by atoms with E-state index in [1.165, 1.54) is 16.3 Å². The van der Waals surface area contributed by atoms with Crippen LogP contribution >= 0.6 is 0 Å². The van der Waals surface area contributed by atoms with Gasteiger partial charge in [-0.15, -0.1) is 6.58 Å². The van der Waals surface area contributed by atoms with Crippen molar-refractivity contribution >= 4 is 17.2 Å². The molecule has 2 rings (SSSR count). The number of hydrogen-bond donors (Lipinski definition) is 1. The lowest BCUT2D eigenvalue weighted by Crippen LogP contribution is -2.14. The van der Waals surface area contributed by atoms with Crippen LogP contribution in [0.5, 0.6) is 5.75 Å². The average Bonchev–Trinajstić information content (AvgIpc) is 2.48. The topological polar surface area (TPSA) is 38.3 Å². The fourth-order valence-electron chi connectivity index (χ4n) is 2.53. The number of methoxy groups -OCH3 is 1. The van der Waals surface area contributed by atoms with Gasteiger partial charge in [0.15, 0.2) is 0 Å². The van der Waals surface area contributed by atoms with Gasteiger partial charge in [-0.2, -0.15) is 0 Å². The van der Waals surface area contributed by atoms with Gasteiger partial charge in [-0.3, -0.25) is 4.79 Å². The highest BCUT2D eigenvalue weighted by Gasteiger charge is 2.10. The zero-order valence-electron chi connectivity index (χ0n) is 11.7. The number of allylic oxidation sites excluding steroid dienone is 1. The van der Waals surface area contributed by atoms with E-state index in [9.17, 15) is 4.79 Å². The number of carbonyl (C=O) groups excluding carboxylic acids is 1. The minimum Gasteiger partial charge on any atom is -0.496 e. The van der Waals surface area contributed by atoms with Gasteiger partial charge in [-0.05, 0) is 35.2 Å². The first-order valence-electron chi connectivity index (χ1n) is 6.67. The molecule has 2 aromatic rings. The van der Waals surface area contributed by atoms with E-state index in [1.54, 1.807) is 7.11 Å². The van der Waals surface area contributed by atoms with Crippen molar-refractivity contribution in [1.29, 1.82) is 0 Å². The van der Waals surface area contributed by atoms with Crippen LogP contribution < -0.4 is 10.1 Å². The van der Waals surface area contributed by atoms with Crippen molar-refractivity contribution in [3.8, 4) is 5.75 Å². The second-order valence-electron chi connectivity index (χ2n) is 4.58. The molecule has 1 amide bonds. The Balaban J connectivity index is 2.55. The molecule has 0 aromatic heterocycles. The third kappa shape index (κ3) is 2.82. The van der Waals surface area contributed by atoms with Crippen LogP contribution in [-0.4, -0.2) is 20.1 Å². The number of amides is 1. The molecule has 1 N–H and O–H groups in total. The Hall–Kier alpha value is -2.29. The summed E-state index contributed by atoms with van der Waals surface area (Å²) in [6, 6.07) is 10.3. The molecular weight excluding hydrogens is 250 g/mol. The highest BCUT2D eigenvalue weighted by molar-refractivity contribution is 5.91. The van der Waals surface area contributed by atoms with Gasteiger partial charge in [-0.25, -0.2) is 0 Å². The van der Waals surface area contributed by atoms with Crippen molar-refractivity contribution in [1.82, 2.24) is 5.32 Å². The third-order valence-corrected chi connectivity index (χ3v) is 3.39. The van der Waals surface area contributed by atoms with Gasteiger partial charge < -0.3 is 10.1 Å². The maximum Gasteiger partial charge on any atom is 0.207 e. The first-order chi connectivity index (χ1) is 9.81. The van der Waals surface area contributed by atoms with Crippen LogP contribution in [0.4, 0.5) is 0 Å². The zero-order chi connectivity index (χ0) is 14.4. The second kappa shape index (κ2) is 6.75. The van der Waals surface area contributed by atoms with Gasteiger partial charge in [0.2, 0.25) is 6.41 Å². The van der Waals surface area contributed by atoms with Crippen LogP contribution in [0.25, 0.3) is 10.8 Å². The SMILES string of the molecule is C=CCc1c(OC)ccc2cccc(CCNC=O)c12. The molecule has 0 heterocycles. The van der Waals surface area contributed by atoms with Gasteiger partial charge in [-0.1, -0.05) is 30.3 Å². The number of benzene rings is 2. The molecular formula is C17H19NO2. The van der Waals surface area contributed by atoms with Crippen LogP contribution in [0, 0.1) is 0 Å². The summed E-state index contributed by atoms with van der Waals surface area (Å²) < 4.78 is 5.47. The van der Waals surface area contributed by atoms with Gasteiger partial charge in [0, 0.05) is 12.1 Å². The van der Waals surface area contributed by atoms with Crippen molar-refractivity contribution in [2.75, 3.05) is 13.7 Å². The molecule has 2 aromatic carbocycles. The summed E-state index contributed by atoms with van der Waals surface area (Å²) in [6.45, 7) is 4.46. The normalized spacial score (nSPS) is 10.2. The van der Waals surface area contributed by atoms with E-state index in [4.69, 9.17) is 4.74 Å². The zero-order valence-corrected chi connectivity index (χ0v) is 11.7. The van der Waals surface area contributed by atoms with Crippen molar-refractivity contribution in [3.63, 3.8) is 0 Å².